The molecule has 1 amide bonds. The molecule has 1 fully saturated rings. The summed E-state index contributed by atoms with van der Waals surface area (Å²) >= 11 is 1.58. The fourth-order valence-corrected chi connectivity index (χ4v) is 6.04. The molecule has 0 radical (unpaired) electrons. The van der Waals surface area contributed by atoms with Gasteiger partial charge in [0.1, 0.15) is 0 Å². The first-order valence-corrected chi connectivity index (χ1v) is 13.6. The topological polar surface area (TPSA) is 78.4 Å². The van der Waals surface area contributed by atoms with Crippen LogP contribution in [-0.2, 0) is 11.0 Å². The van der Waals surface area contributed by atoms with E-state index in [0.717, 1.165) is 64.4 Å². The Labute approximate surface area is 224 Å². The highest BCUT2D eigenvalue weighted by molar-refractivity contribution is 7.15. The Balaban J connectivity index is 1.54. The van der Waals surface area contributed by atoms with Gasteiger partial charge in [-0.05, 0) is 79.3 Å². The summed E-state index contributed by atoms with van der Waals surface area (Å²) in [6.45, 7) is 2.12. The third-order valence-corrected chi connectivity index (χ3v) is 8.12. The molecule has 1 saturated carbocycles. The van der Waals surface area contributed by atoms with Crippen LogP contribution in [0.15, 0.2) is 54.6 Å². The Morgan fingerprint density at radius 1 is 1.03 bits per heavy atom. The van der Waals surface area contributed by atoms with Gasteiger partial charge in [0.25, 0.3) is 5.91 Å². The predicted molar refractivity (Wildman–Crippen MR) is 143 cm³/mol. The molecule has 0 aliphatic heterocycles. The van der Waals surface area contributed by atoms with Gasteiger partial charge in [-0.2, -0.15) is 13.2 Å². The summed E-state index contributed by atoms with van der Waals surface area (Å²) in [6.07, 6.45) is 1.22. The third-order valence-electron chi connectivity index (χ3n) is 7.00. The van der Waals surface area contributed by atoms with Crippen molar-refractivity contribution in [3.63, 3.8) is 0 Å². The molecule has 5 nitrogen and oxygen atoms in total. The highest BCUT2D eigenvalue weighted by Crippen LogP contribution is 2.42. The Hall–Kier alpha value is -3.33. The Kier molecular flexibility index (Phi) is 8.76. The van der Waals surface area contributed by atoms with E-state index >= 15 is 0 Å². The molecule has 1 unspecified atom stereocenters. The second-order valence-electron chi connectivity index (χ2n) is 9.69. The fourth-order valence-electron chi connectivity index (χ4n) is 4.97. The van der Waals surface area contributed by atoms with Crippen molar-refractivity contribution in [3.8, 4) is 10.4 Å². The van der Waals surface area contributed by atoms with Crippen LogP contribution in [0.5, 0.6) is 0 Å². The summed E-state index contributed by atoms with van der Waals surface area (Å²) in [5, 5.41) is 15.0. The van der Waals surface area contributed by atoms with Gasteiger partial charge in [-0.3, -0.25) is 9.59 Å². The van der Waals surface area contributed by atoms with Gasteiger partial charge in [-0.1, -0.05) is 31.4 Å². The van der Waals surface area contributed by atoms with E-state index in [-0.39, 0.29) is 24.9 Å². The number of benzene rings is 2. The normalized spacial score (nSPS) is 15.2. The van der Waals surface area contributed by atoms with E-state index in [1.54, 1.807) is 23.5 Å². The minimum absolute atomic E-state index is 0.0324. The summed E-state index contributed by atoms with van der Waals surface area (Å²) < 4.78 is 39.0. The Morgan fingerprint density at radius 2 is 1.68 bits per heavy atom. The smallest absolute Gasteiger partial charge is 0.416 e. The molecule has 1 aliphatic carbocycles. The van der Waals surface area contributed by atoms with E-state index in [2.05, 4.69) is 23.6 Å². The van der Waals surface area contributed by atoms with Crippen LogP contribution in [0, 0.1) is 12.8 Å². The minimum atomic E-state index is -4.36. The summed E-state index contributed by atoms with van der Waals surface area (Å²) in [6, 6.07) is 14.6. The van der Waals surface area contributed by atoms with Crippen molar-refractivity contribution in [1.82, 2.24) is 5.32 Å². The van der Waals surface area contributed by atoms with Crippen molar-refractivity contribution in [3.05, 3.63) is 76.2 Å². The molecule has 2 aromatic carbocycles. The lowest BCUT2D eigenvalue weighted by molar-refractivity contribution is -0.138. The van der Waals surface area contributed by atoms with Crippen LogP contribution < -0.4 is 10.6 Å². The number of thiophene rings is 1. The molecule has 1 heterocycles. The number of carbonyl (C=O) groups excluding carboxylic acids is 1. The van der Waals surface area contributed by atoms with E-state index in [1.807, 2.05) is 12.1 Å². The standard InChI is InChI=1S/C29H31F3N2O3S/c1-18-24(17-25(38-18)19-7-11-22(12-8-19)29(30,31)32)27(20-5-3-2-4-6-20)34-23-13-9-21(10-14-23)28(37)33-16-15-26(35)36/h7-14,17,20,27,34H,2-6,15-16H2,1H3,(H,33,37)(H,35,36). The fraction of sp³-hybridized carbons (Fsp3) is 0.379. The molecule has 1 aliphatic rings. The number of carboxylic acids is 1. The van der Waals surface area contributed by atoms with Gasteiger partial charge in [0.15, 0.2) is 0 Å². The van der Waals surface area contributed by atoms with Gasteiger partial charge < -0.3 is 15.7 Å². The van der Waals surface area contributed by atoms with Crippen molar-refractivity contribution in [2.75, 3.05) is 11.9 Å². The van der Waals surface area contributed by atoms with Crippen LogP contribution in [0.4, 0.5) is 18.9 Å². The second kappa shape index (κ2) is 12.0. The zero-order chi connectivity index (χ0) is 27.3. The van der Waals surface area contributed by atoms with Gasteiger partial charge >= 0.3 is 12.1 Å². The van der Waals surface area contributed by atoms with E-state index < -0.39 is 17.7 Å². The third kappa shape index (κ3) is 6.95. The van der Waals surface area contributed by atoms with Crippen molar-refractivity contribution in [2.45, 2.75) is 57.7 Å². The van der Waals surface area contributed by atoms with E-state index in [9.17, 15) is 22.8 Å². The summed E-state index contributed by atoms with van der Waals surface area (Å²) in [5.41, 5.74) is 2.57. The number of aliphatic carboxylic acids is 1. The quantitative estimate of drug-likeness (QED) is 0.258. The molecule has 4 rings (SSSR count). The number of rotatable bonds is 9. The summed E-state index contributed by atoms with van der Waals surface area (Å²) in [4.78, 5) is 25.0. The van der Waals surface area contributed by atoms with E-state index in [0.29, 0.717) is 11.5 Å². The van der Waals surface area contributed by atoms with Gasteiger partial charge in [-0.25, -0.2) is 0 Å². The molecule has 9 heteroatoms. The Bertz CT molecular complexity index is 1250. The number of hydrogen-bond donors (Lipinski definition) is 3. The van der Waals surface area contributed by atoms with E-state index in [4.69, 9.17) is 5.11 Å². The van der Waals surface area contributed by atoms with Crippen molar-refractivity contribution in [1.29, 1.82) is 0 Å². The first kappa shape index (κ1) is 27.7. The highest BCUT2D eigenvalue weighted by Gasteiger charge is 2.31. The number of alkyl halides is 3. The zero-order valence-corrected chi connectivity index (χ0v) is 21.9. The average Bonchev–Trinajstić information content (AvgIpc) is 3.28. The van der Waals surface area contributed by atoms with Crippen LogP contribution in [-0.4, -0.2) is 23.5 Å². The zero-order valence-electron chi connectivity index (χ0n) is 21.1. The molecule has 3 N–H and O–H groups in total. The van der Waals surface area contributed by atoms with Crippen LogP contribution in [0.2, 0.25) is 0 Å². The number of hydrogen-bond acceptors (Lipinski definition) is 4. The second-order valence-corrected chi connectivity index (χ2v) is 11.0. The van der Waals surface area contributed by atoms with Crippen LogP contribution in [0.25, 0.3) is 10.4 Å². The van der Waals surface area contributed by atoms with Crippen molar-refractivity contribution in [2.24, 2.45) is 5.92 Å². The number of aryl methyl sites for hydroxylation is 1. The number of amides is 1. The van der Waals surface area contributed by atoms with Gasteiger partial charge in [0.2, 0.25) is 0 Å². The SMILES string of the molecule is Cc1sc(-c2ccc(C(F)(F)F)cc2)cc1C(Nc1ccc(C(=O)NCCC(=O)O)cc1)C1CCCCC1. The number of carbonyl (C=O) groups is 2. The van der Waals surface area contributed by atoms with Crippen LogP contribution >= 0.6 is 11.3 Å². The number of anilines is 1. The molecule has 202 valence electrons. The molecular formula is C29H31F3N2O3S. The van der Waals surface area contributed by atoms with Crippen LogP contribution in [0.1, 0.15) is 70.9 Å². The lowest BCUT2D eigenvalue weighted by Gasteiger charge is -2.32. The first-order chi connectivity index (χ1) is 18.1. The van der Waals surface area contributed by atoms with Gasteiger partial charge in [0.05, 0.1) is 18.0 Å². The molecule has 38 heavy (non-hydrogen) atoms. The minimum Gasteiger partial charge on any atom is -0.481 e. The number of halogens is 3. The monoisotopic (exact) mass is 544 g/mol. The van der Waals surface area contributed by atoms with Crippen LogP contribution in [0.3, 0.4) is 0 Å². The maximum atomic E-state index is 13.0. The molecular weight excluding hydrogens is 513 g/mol. The lowest BCUT2D eigenvalue weighted by atomic mass is 9.81. The number of carboxylic acid groups (broad SMARTS) is 1. The number of nitrogens with one attached hydrogen (secondary N) is 2. The largest absolute Gasteiger partial charge is 0.481 e. The van der Waals surface area contributed by atoms with Crippen molar-refractivity contribution < 1.29 is 27.9 Å². The summed E-state index contributed by atoms with van der Waals surface area (Å²) in [5.74, 6) is -0.878. The van der Waals surface area contributed by atoms with Gasteiger partial charge in [-0.15, -0.1) is 11.3 Å². The molecule has 3 aromatic rings. The Morgan fingerprint density at radius 3 is 2.29 bits per heavy atom. The molecule has 0 spiro atoms. The lowest BCUT2D eigenvalue weighted by Crippen LogP contribution is -2.26. The van der Waals surface area contributed by atoms with E-state index in [1.165, 1.54) is 18.6 Å². The predicted octanol–water partition coefficient (Wildman–Crippen LogP) is 7.68. The molecule has 1 atom stereocenters. The highest BCUT2D eigenvalue weighted by atomic mass is 32.1. The first-order valence-electron chi connectivity index (χ1n) is 12.8. The molecule has 0 saturated heterocycles. The molecule has 0 bridgehead atoms. The molecule has 1 aromatic heterocycles. The van der Waals surface area contributed by atoms with Gasteiger partial charge in [0, 0.05) is 27.5 Å². The average molecular weight is 545 g/mol. The van der Waals surface area contributed by atoms with Crippen molar-refractivity contribution >= 4 is 28.9 Å². The maximum Gasteiger partial charge on any atom is 0.416 e. The summed E-state index contributed by atoms with van der Waals surface area (Å²) in [7, 11) is 0. The maximum absolute atomic E-state index is 13.0.